The van der Waals surface area contributed by atoms with Crippen molar-refractivity contribution in [3.05, 3.63) is 54.1 Å². The summed E-state index contributed by atoms with van der Waals surface area (Å²) < 4.78 is 29.3. The average Bonchev–Trinajstić information content (AvgIpc) is 2.47. The number of rotatable bonds is 7. The normalized spacial score (nSPS) is 10.7. The summed E-state index contributed by atoms with van der Waals surface area (Å²) in [7, 11) is 0. The van der Waals surface area contributed by atoms with Crippen LogP contribution in [0, 0.1) is 0 Å². The van der Waals surface area contributed by atoms with Crippen LogP contribution in [0.2, 0.25) is 0 Å². The first kappa shape index (κ1) is 15.6. The van der Waals surface area contributed by atoms with Gasteiger partial charge in [-0.15, -0.1) is 11.8 Å². The van der Waals surface area contributed by atoms with Gasteiger partial charge in [0.1, 0.15) is 5.75 Å². The molecule has 2 rings (SSSR count). The van der Waals surface area contributed by atoms with Gasteiger partial charge in [-0.05, 0) is 24.0 Å². The van der Waals surface area contributed by atoms with Crippen molar-refractivity contribution >= 4 is 17.4 Å². The number of ether oxygens (including phenoxy) is 1. The molecule has 2 aromatic rings. The molecule has 2 aromatic carbocycles. The van der Waals surface area contributed by atoms with Gasteiger partial charge in [-0.1, -0.05) is 37.3 Å². The third kappa shape index (κ3) is 4.63. The van der Waals surface area contributed by atoms with Crippen LogP contribution in [0.4, 0.5) is 14.5 Å². The molecule has 0 amide bonds. The Hall–Kier alpha value is -1.75. The molecule has 112 valence electrons. The molecule has 0 atom stereocenters. The molecule has 0 unspecified atom stereocenters. The van der Waals surface area contributed by atoms with Crippen molar-refractivity contribution in [2.45, 2.75) is 25.0 Å². The summed E-state index contributed by atoms with van der Waals surface area (Å²) in [6.45, 7) is -0.286. The fourth-order valence-corrected chi connectivity index (χ4v) is 2.73. The summed E-state index contributed by atoms with van der Waals surface area (Å²) >= 11 is 1.74. The highest BCUT2D eigenvalue weighted by molar-refractivity contribution is 7.99. The lowest BCUT2D eigenvalue weighted by Crippen LogP contribution is -2.07. The monoisotopic (exact) mass is 309 g/mol. The van der Waals surface area contributed by atoms with Gasteiger partial charge in [0, 0.05) is 22.7 Å². The van der Waals surface area contributed by atoms with Gasteiger partial charge in [0.25, 0.3) is 0 Å². The number of hydrogen-bond donors (Lipinski definition) is 1. The van der Waals surface area contributed by atoms with Crippen LogP contribution in [0.15, 0.2) is 53.4 Å². The lowest BCUT2D eigenvalue weighted by molar-refractivity contribution is -0.0504. The molecule has 0 aliphatic heterocycles. The Bertz CT molecular complexity index is 578. The molecule has 0 fully saturated rings. The minimum absolute atomic E-state index is 0.209. The van der Waals surface area contributed by atoms with Gasteiger partial charge in [-0.3, -0.25) is 0 Å². The second-order valence-electron chi connectivity index (χ2n) is 4.27. The fraction of sp³-hybridized carbons (Fsp3) is 0.250. The van der Waals surface area contributed by atoms with Crippen LogP contribution in [-0.2, 0) is 6.54 Å². The molecule has 21 heavy (non-hydrogen) atoms. The average molecular weight is 309 g/mol. The first-order valence-corrected chi connectivity index (χ1v) is 7.67. The van der Waals surface area contributed by atoms with E-state index >= 15 is 0 Å². The van der Waals surface area contributed by atoms with Crippen molar-refractivity contribution in [1.29, 1.82) is 0 Å². The maximum absolute atomic E-state index is 12.4. The van der Waals surface area contributed by atoms with E-state index in [9.17, 15) is 8.78 Å². The highest BCUT2D eigenvalue weighted by Crippen LogP contribution is 2.28. The van der Waals surface area contributed by atoms with E-state index in [-0.39, 0.29) is 5.75 Å². The molecular formula is C16H17F2NOS. The van der Waals surface area contributed by atoms with Crippen LogP contribution in [0.25, 0.3) is 0 Å². The predicted molar refractivity (Wildman–Crippen MR) is 83.2 cm³/mol. The Kier molecular flexibility index (Phi) is 5.87. The number of alkyl halides is 2. The highest BCUT2D eigenvalue weighted by atomic mass is 32.2. The summed E-state index contributed by atoms with van der Waals surface area (Å²) in [6, 6.07) is 14.8. The van der Waals surface area contributed by atoms with Gasteiger partial charge in [0.2, 0.25) is 0 Å². The third-order valence-corrected chi connectivity index (χ3v) is 3.80. The quantitative estimate of drug-likeness (QED) is 0.726. The summed E-state index contributed by atoms with van der Waals surface area (Å²) in [6.07, 6.45) is 0. The first-order chi connectivity index (χ1) is 10.2. The molecule has 1 N–H and O–H groups in total. The molecule has 0 aromatic heterocycles. The highest BCUT2D eigenvalue weighted by Gasteiger charge is 2.09. The second-order valence-corrected chi connectivity index (χ2v) is 5.57. The Morgan fingerprint density at radius 1 is 1.10 bits per heavy atom. The summed E-state index contributed by atoms with van der Waals surface area (Å²) in [5.74, 6) is 1.18. The summed E-state index contributed by atoms with van der Waals surface area (Å²) in [5.41, 5.74) is 1.70. The number of anilines is 1. The SMILES string of the molecule is CCSc1ccccc1NCc1ccccc1OC(F)F. The van der Waals surface area contributed by atoms with E-state index in [1.807, 2.05) is 30.3 Å². The van der Waals surface area contributed by atoms with Crippen LogP contribution >= 0.6 is 11.8 Å². The first-order valence-electron chi connectivity index (χ1n) is 6.69. The van der Waals surface area contributed by atoms with Gasteiger partial charge < -0.3 is 10.1 Å². The minimum atomic E-state index is -2.81. The number of benzene rings is 2. The van der Waals surface area contributed by atoms with E-state index in [2.05, 4.69) is 17.0 Å². The molecular weight excluding hydrogens is 292 g/mol. The molecule has 0 spiro atoms. The van der Waals surface area contributed by atoms with Crippen molar-refractivity contribution in [3.8, 4) is 5.75 Å². The molecule has 0 saturated carbocycles. The molecule has 0 aliphatic carbocycles. The molecule has 2 nitrogen and oxygen atoms in total. The Morgan fingerprint density at radius 2 is 1.81 bits per heavy atom. The van der Waals surface area contributed by atoms with Gasteiger partial charge in [-0.2, -0.15) is 8.78 Å². The maximum Gasteiger partial charge on any atom is 0.387 e. The zero-order valence-corrected chi connectivity index (χ0v) is 12.5. The molecule has 0 aliphatic rings. The third-order valence-electron chi connectivity index (χ3n) is 2.84. The number of halogens is 2. The van der Waals surface area contributed by atoms with Crippen molar-refractivity contribution in [2.75, 3.05) is 11.1 Å². The smallest absolute Gasteiger partial charge is 0.387 e. The number of para-hydroxylation sites is 2. The van der Waals surface area contributed by atoms with E-state index in [1.54, 1.807) is 30.0 Å². The van der Waals surface area contributed by atoms with Gasteiger partial charge in [-0.25, -0.2) is 0 Å². The zero-order valence-electron chi connectivity index (χ0n) is 11.7. The molecule has 0 saturated heterocycles. The van der Waals surface area contributed by atoms with Crippen LogP contribution in [0.3, 0.4) is 0 Å². The Labute approximate surface area is 127 Å². The van der Waals surface area contributed by atoms with Crippen molar-refractivity contribution in [1.82, 2.24) is 0 Å². The van der Waals surface area contributed by atoms with E-state index in [4.69, 9.17) is 0 Å². The van der Waals surface area contributed by atoms with Crippen LogP contribution in [0.5, 0.6) is 5.75 Å². The van der Waals surface area contributed by atoms with Crippen molar-refractivity contribution in [2.24, 2.45) is 0 Å². The van der Waals surface area contributed by atoms with E-state index in [0.29, 0.717) is 12.1 Å². The van der Waals surface area contributed by atoms with Crippen LogP contribution < -0.4 is 10.1 Å². The van der Waals surface area contributed by atoms with Crippen LogP contribution in [-0.4, -0.2) is 12.4 Å². The van der Waals surface area contributed by atoms with Gasteiger partial charge >= 0.3 is 6.61 Å². The molecule has 0 heterocycles. The standard InChI is InChI=1S/C16H17F2NOS/c1-2-21-15-10-6-4-8-13(15)19-11-12-7-3-5-9-14(12)20-16(17)18/h3-10,16,19H,2,11H2,1H3. The summed E-state index contributed by atoms with van der Waals surface area (Å²) in [5, 5.41) is 3.28. The van der Waals surface area contributed by atoms with Gasteiger partial charge in [0.15, 0.2) is 0 Å². The van der Waals surface area contributed by atoms with Crippen molar-refractivity contribution < 1.29 is 13.5 Å². The summed E-state index contributed by atoms with van der Waals surface area (Å²) in [4.78, 5) is 1.15. The molecule has 0 radical (unpaired) electrons. The molecule has 0 bridgehead atoms. The van der Waals surface area contributed by atoms with Crippen molar-refractivity contribution in [3.63, 3.8) is 0 Å². The van der Waals surface area contributed by atoms with Crippen LogP contribution in [0.1, 0.15) is 12.5 Å². The minimum Gasteiger partial charge on any atom is -0.434 e. The van der Waals surface area contributed by atoms with E-state index in [1.165, 1.54) is 0 Å². The van der Waals surface area contributed by atoms with Gasteiger partial charge in [0.05, 0.1) is 0 Å². The number of hydrogen-bond acceptors (Lipinski definition) is 3. The second kappa shape index (κ2) is 7.88. The Morgan fingerprint density at radius 3 is 2.57 bits per heavy atom. The lowest BCUT2D eigenvalue weighted by Gasteiger charge is -2.14. The predicted octanol–water partition coefficient (Wildman–Crippen LogP) is 5.01. The number of thioether (sulfide) groups is 1. The topological polar surface area (TPSA) is 21.3 Å². The number of nitrogens with one attached hydrogen (secondary N) is 1. The maximum atomic E-state index is 12.4. The van der Waals surface area contributed by atoms with E-state index in [0.717, 1.165) is 16.3 Å². The zero-order chi connectivity index (χ0) is 15.1. The lowest BCUT2D eigenvalue weighted by atomic mass is 10.2. The Balaban J connectivity index is 2.10. The molecule has 5 heteroatoms. The largest absolute Gasteiger partial charge is 0.434 e. The fourth-order valence-electron chi connectivity index (χ4n) is 1.95. The van der Waals surface area contributed by atoms with E-state index < -0.39 is 6.61 Å².